The van der Waals surface area contributed by atoms with E-state index in [0.717, 1.165) is 0 Å². The van der Waals surface area contributed by atoms with Crippen molar-refractivity contribution in [2.75, 3.05) is 28.4 Å². The molecule has 0 aliphatic carbocycles. The Labute approximate surface area is 259 Å². The zero-order valence-corrected chi connectivity index (χ0v) is 25.1. The number of ether oxygens (including phenoxy) is 1. The largest absolute Gasteiger partial charge is 0.497 e. The van der Waals surface area contributed by atoms with Gasteiger partial charge >= 0.3 is 0 Å². The number of rotatable bonds is 8. The topological polar surface area (TPSA) is 98.8 Å². The summed E-state index contributed by atoms with van der Waals surface area (Å²) in [7, 11) is 1.57. The quantitative estimate of drug-likeness (QED) is 0.218. The van der Waals surface area contributed by atoms with Gasteiger partial charge in [0.1, 0.15) is 23.7 Å². The Hall–Kier alpha value is -5.51. The van der Waals surface area contributed by atoms with E-state index < -0.39 is 23.5 Å². The molecule has 1 aliphatic rings. The number of H-pyrrole nitrogens is 1. The third-order valence-corrected chi connectivity index (χ3v) is 7.96. The van der Waals surface area contributed by atoms with E-state index in [1.807, 2.05) is 32.0 Å². The van der Waals surface area contributed by atoms with Gasteiger partial charge in [-0.1, -0.05) is 42.5 Å². The summed E-state index contributed by atoms with van der Waals surface area (Å²) in [6, 6.07) is 27.6. The Morgan fingerprint density at radius 3 is 2.29 bits per heavy atom. The smallest absolute Gasteiger partial charge is 0.247 e. The number of amides is 3. The zero-order chi connectivity index (χ0) is 31.7. The number of carbonyl (C=O) groups is 3. The van der Waals surface area contributed by atoms with Crippen molar-refractivity contribution in [1.82, 2.24) is 10.2 Å². The van der Waals surface area contributed by atoms with E-state index >= 15 is 0 Å². The summed E-state index contributed by atoms with van der Waals surface area (Å²) >= 11 is 0. The molecule has 5 aromatic rings. The molecule has 6 rings (SSSR count). The molecule has 0 spiro atoms. The van der Waals surface area contributed by atoms with Crippen molar-refractivity contribution in [3.63, 3.8) is 0 Å². The van der Waals surface area contributed by atoms with Crippen LogP contribution in [0.5, 0.6) is 5.75 Å². The van der Waals surface area contributed by atoms with Crippen LogP contribution in [0.1, 0.15) is 19.5 Å². The van der Waals surface area contributed by atoms with Gasteiger partial charge in [0, 0.05) is 34.9 Å². The monoisotopic (exact) mass is 605 g/mol. The van der Waals surface area contributed by atoms with Gasteiger partial charge in [-0.25, -0.2) is 4.39 Å². The average molecular weight is 606 g/mol. The van der Waals surface area contributed by atoms with Crippen LogP contribution >= 0.6 is 0 Å². The molecular weight excluding hydrogens is 573 g/mol. The van der Waals surface area contributed by atoms with Gasteiger partial charge in [-0.15, -0.1) is 0 Å². The summed E-state index contributed by atoms with van der Waals surface area (Å²) in [4.78, 5) is 47.6. The second-order valence-corrected chi connectivity index (χ2v) is 11.1. The van der Waals surface area contributed by atoms with Crippen molar-refractivity contribution in [2.45, 2.75) is 26.3 Å². The van der Waals surface area contributed by atoms with Gasteiger partial charge in [0.25, 0.3) is 0 Å². The van der Waals surface area contributed by atoms with Crippen LogP contribution in [0.25, 0.3) is 10.9 Å². The first-order valence-corrected chi connectivity index (χ1v) is 14.7. The number of anilines is 4. The van der Waals surface area contributed by atoms with Crippen LogP contribution in [0.3, 0.4) is 0 Å². The van der Waals surface area contributed by atoms with Crippen molar-refractivity contribution in [2.24, 2.45) is 5.92 Å². The maximum Gasteiger partial charge on any atom is 0.247 e. The summed E-state index contributed by atoms with van der Waals surface area (Å²) in [5.74, 6) is -2.44. The number of aromatic amines is 1. The SMILES string of the molecule is COc1ccc(N(C(=O)CN2C(=O)C(Cc3[nH]nc4c(F)cccc34)C(=O)N(c3ccccc3)c3ccccc32)C(C)C)cc1. The Bertz CT molecular complexity index is 1870. The van der Waals surface area contributed by atoms with E-state index in [1.54, 1.807) is 84.8 Å². The lowest BCUT2D eigenvalue weighted by Gasteiger charge is -2.31. The highest BCUT2D eigenvalue weighted by atomic mass is 19.1. The average Bonchev–Trinajstić information content (AvgIpc) is 3.44. The molecule has 0 saturated heterocycles. The number of methoxy groups -OCH3 is 1. The first-order valence-electron chi connectivity index (χ1n) is 14.7. The third-order valence-electron chi connectivity index (χ3n) is 7.96. The lowest BCUT2D eigenvalue weighted by atomic mass is 9.97. The van der Waals surface area contributed by atoms with E-state index in [0.29, 0.717) is 39.6 Å². The summed E-state index contributed by atoms with van der Waals surface area (Å²) in [6.07, 6.45) is -0.0774. The molecule has 1 aliphatic heterocycles. The molecule has 0 radical (unpaired) electrons. The third kappa shape index (κ3) is 5.50. The Kier molecular flexibility index (Phi) is 8.04. The number of benzene rings is 4. The molecule has 1 aromatic heterocycles. The number of nitrogens with zero attached hydrogens (tertiary/aromatic N) is 4. The molecule has 10 heteroatoms. The fourth-order valence-electron chi connectivity index (χ4n) is 5.85. The van der Waals surface area contributed by atoms with Crippen LogP contribution in [0, 0.1) is 11.7 Å². The summed E-state index contributed by atoms with van der Waals surface area (Å²) in [5.41, 5.74) is 2.69. The lowest BCUT2D eigenvalue weighted by Crippen LogP contribution is -2.48. The van der Waals surface area contributed by atoms with E-state index in [2.05, 4.69) is 10.2 Å². The summed E-state index contributed by atoms with van der Waals surface area (Å²) in [5, 5.41) is 7.44. The Balaban J connectivity index is 1.45. The second-order valence-electron chi connectivity index (χ2n) is 11.1. The minimum absolute atomic E-state index is 0.0774. The van der Waals surface area contributed by atoms with Crippen LogP contribution in [0.2, 0.25) is 0 Å². The number of aromatic nitrogens is 2. The molecule has 3 amide bonds. The predicted octanol–water partition coefficient (Wildman–Crippen LogP) is 6.02. The minimum atomic E-state index is -1.24. The fraction of sp³-hybridized carbons (Fsp3) is 0.200. The number of nitrogens with one attached hydrogen (secondary N) is 1. The normalized spacial score (nSPS) is 14.9. The van der Waals surface area contributed by atoms with Gasteiger partial charge in [-0.05, 0) is 68.4 Å². The number of hydrogen-bond acceptors (Lipinski definition) is 5. The van der Waals surface area contributed by atoms with Crippen LogP contribution in [0.4, 0.5) is 27.1 Å². The van der Waals surface area contributed by atoms with E-state index in [9.17, 15) is 18.8 Å². The highest BCUT2D eigenvalue weighted by Crippen LogP contribution is 2.40. The molecule has 9 nitrogen and oxygen atoms in total. The number of para-hydroxylation sites is 4. The van der Waals surface area contributed by atoms with Crippen LogP contribution < -0.4 is 19.4 Å². The molecule has 1 unspecified atom stereocenters. The Morgan fingerprint density at radius 1 is 0.911 bits per heavy atom. The van der Waals surface area contributed by atoms with Crippen LogP contribution in [-0.2, 0) is 20.8 Å². The minimum Gasteiger partial charge on any atom is -0.497 e. The van der Waals surface area contributed by atoms with Gasteiger partial charge < -0.3 is 14.5 Å². The molecule has 0 fully saturated rings. The van der Waals surface area contributed by atoms with Crippen LogP contribution in [0.15, 0.2) is 97.1 Å². The van der Waals surface area contributed by atoms with Gasteiger partial charge in [0.05, 0.1) is 18.5 Å². The first-order chi connectivity index (χ1) is 21.8. The van der Waals surface area contributed by atoms with Crippen LogP contribution in [-0.4, -0.2) is 47.6 Å². The molecule has 45 heavy (non-hydrogen) atoms. The molecule has 2 heterocycles. The van der Waals surface area contributed by atoms with Crippen molar-refractivity contribution < 1.29 is 23.5 Å². The van der Waals surface area contributed by atoms with Crippen molar-refractivity contribution in [3.8, 4) is 5.75 Å². The molecule has 0 saturated carbocycles. The number of hydrogen-bond donors (Lipinski definition) is 1. The highest BCUT2D eigenvalue weighted by Gasteiger charge is 2.42. The summed E-state index contributed by atoms with van der Waals surface area (Å²) < 4.78 is 19.8. The van der Waals surface area contributed by atoms with E-state index in [-0.39, 0.29) is 30.4 Å². The van der Waals surface area contributed by atoms with Gasteiger partial charge in [0.2, 0.25) is 17.7 Å². The number of carbonyl (C=O) groups excluding carboxylic acids is 3. The zero-order valence-electron chi connectivity index (χ0n) is 25.1. The van der Waals surface area contributed by atoms with Gasteiger partial charge in [-0.2, -0.15) is 5.10 Å². The van der Waals surface area contributed by atoms with Gasteiger partial charge in [0.15, 0.2) is 5.82 Å². The van der Waals surface area contributed by atoms with E-state index in [4.69, 9.17) is 4.74 Å². The highest BCUT2D eigenvalue weighted by molar-refractivity contribution is 6.21. The lowest BCUT2D eigenvalue weighted by molar-refractivity contribution is -0.132. The maximum absolute atomic E-state index is 14.6. The molecule has 1 N–H and O–H groups in total. The first kappa shape index (κ1) is 29.6. The fourth-order valence-corrected chi connectivity index (χ4v) is 5.85. The summed E-state index contributed by atoms with van der Waals surface area (Å²) in [6.45, 7) is 3.48. The Morgan fingerprint density at radius 2 is 1.60 bits per heavy atom. The van der Waals surface area contributed by atoms with Crippen molar-refractivity contribution in [3.05, 3.63) is 109 Å². The number of halogens is 1. The van der Waals surface area contributed by atoms with Crippen molar-refractivity contribution in [1.29, 1.82) is 0 Å². The molecule has 0 bridgehead atoms. The van der Waals surface area contributed by atoms with Gasteiger partial charge in [-0.3, -0.25) is 24.4 Å². The standard InChI is InChI=1S/C35H32FN5O4/c1-22(2)40(24-16-18-25(45-3)19-17-24)32(42)21-39-30-14-7-8-15-31(30)41(23-10-5-4-6-11-23)35(44)27(34(39)43)20-29-26-12-9-13-28(36)33(26)38-37-29/h4-19,22,27H,20-21H2,1-3H3,(H,37,38). The molecule has 4 aromatic carbocycles. The maximum atomic E-state index is 14.6. The molecular formula is C35H32FN5O4. The second kappa shape index (κ2) is 12.2. The molecule has 228 valence electrons. The predicted molar refractivity (Wildman–Crippen MR) is 171 cm³/mol. The number of fused-ring (bicyclic) bond motifs is 2. The molecule has 1 atom stereocenters. The van der Waals surface area contributed by atoms with Crippen molar-refractivity contribution >= 4 is 51.4 Å². The van der Waals surface area contributed by atoms with E-state index in [1.165, 1.54) is 15.9 Å².